The quantitative estimate of drug-likeness (QED) is 0.0363. The number of hydrogen-bond acceptors (Lipinski definition) is 19. The first-order valence-corrected chi connectivity index (χ1v) is 23.8. The number of carbonyl (C=O) groups excluding carboxylic acids is 2. The van der Waals surface area contributed by atoms with Gasteiger partial charge in [-0.1, -0.05) is 56.9 Å². The Hall–Kier alpha value is -5.78. The van der Waals surface area contributed by atoms with Crippen LogP contribution in [0.5, 0.6) is 0 Å². The van der Waals surface area contributed by atoms with Gasteiger partial charge in [0.1, 0.15) is 18.7 Å². The summed E-state index contributed by atoms with van der Waals surface area (Å²) in [6.45, 7) is 13.2. The molecule has 2 aliphatic heterocycles. The molecule has 0 spiro atoms. The van der Waals surface area contributed by atoms with E-state index in [0.717, 1.165) is 12.8 Å². The van der Waals surface area contributed by atoms with Crippen molar-refractivity contribution in [3.63, 3.8) is 0 Å². The van der Waals surface area contributed by atoms with E-state index in [1.165, 1.54) is 9.36 Å². The molecule has 7 N–H and O–H groups in total. The van der Waals surface area contributed by atoms with Crippen LogP contribution in [0.2, 0.25) is 0 Å². The van der Waals surface area contributed by atoms with E-state index in [1.54, 1.807) is 22.2 Å². The Morgan fingerprint density at radius 1 is 0.686 bits per heavy atom. The molecule has 388 valence electrons. The van der Waals surface area contributed by atoms with E-state index in [2.05, 4.69) is 31.9 Å². The molecule has 6 unspecified atom stereocenters. The number of halogens is 1. The SMILES string of the molecule is C#CCOCCOCCOCCNc1nc(N2CCN(C(=O)C(CCC(=O)O)n3cc(C(N)C(C)CC)nn3)CC2)nc(N2CCN(C(=O)C(CCC(=O)O)n3cc(C(N)C(C)CC)nn3)CC2)n1.[Cl-]. The molecular formula is C44H70ClN16O9-. The van der Waals surface area contributed by atoms with Crippen molar-refractivity contribution in [2.75, 3.05) is 114 Å². The lowest BCUT2D eigenvalue weighted by atomic mass is 9.98. The number of aromatic nitrogens is 9. The molecule has 5 heterocycles. The first-order chi connectivity index (χ1) is 33.2. The molecule has 2 saturated heterocycles. The second-order valence-corrected chi connectivity index (χ2v) is 17.3. The van der Waals surface area contributed by atoms with Crippen molar-refractivity contribution >= 4 is 41.6 Å². The van der Waals surface area contributed by atoms with Gasteiger partial charge in [-0.3, -0.25) is 19.2 Å². The Balaban J connectivity index is 0.0000107. The number of hydrogen-bond donors (Lipinski definition) is 5. The first kappa shape index (κ1) is 56.8. The van der Waals surface area contributed by atoms with E-state index in [9.17, 15) is 29.4 Å². The molecule has 0 aliphatic carbocycles. The number of carboxylic acids is 2. The zero-order valence-electron chi connectivity index (χ0n) is 40.6. The van der Waals surface area contributed by atoms with Gasteiger partial charge in [-0.25, -0.2) is 9.36 Å². The van der Waals surface area contributed by atoms with Crippen molar-refractivity contribution in [1.82, 2.24) is 54.7 Å². The molecule has 70 heavy (non-hydrogen) atoms. The fourth-order valence-electron chi connectivity index (χ4n) is 7.74. The van der Waals surface area contributed by atoms with E-state index < -0.39 is 24.0 Å². The van der Waals surface area contributed by atoms with Gasteiger partial charge in [0.25, 0.3) is 0 Å². The number of terminal acetylenes is 1. The summed E-state index contributed by atoms with van der Waals surface area (Å²) in [4.78, 5) is 73.2. The average molecular weight is 1000 g/mol. The molecule has 2 amide bonds. The van der Waals surface area contributed by atoms with Crippen LogP contribution < -0.4 is 39.0 Å². The zero-order valence-corrected chi connectivity index (χ0v) is 41.4. The summed E-state index contributed by atoms with van der Waals surface area (Å²) in [5.74, 6) is 1.11. The number of piperazine rings is 2. The molecule has 0 saturated carbocycles. The molecule has 3 aromatic heterocycles. The lowest BCUT2D eigenvalue weighted by Crippen LogP contribution is -3.00. The predicted octanol–water partition coefficient (Wildman–Crippen LogP) is -2.25. The Morgan fingerprint density at radius 3 is 1.50 bits per heavy atom. The van der Waals surface area contributed by atoms with Crippen molar-refractivity contribution in [3.05, 3.63) is 23.8 Å². The van der Waals surface area contributed by atoms with Crippen LogP contribution in [0, 0.1) is 24.2 Å². The molecule has 2 fully saturated rings. The van der Waals surface area contributed by atoms with Gasteiger partial charge in [0.15, 0.2) is 0 Å². The van der Waals surface area contributed by atoms with E-state index in [-0.39, 0.29) is 80.4 Å². The minimum Gasteiger partial charge on any atom is -1.00 e. The van der Waals surface area contributed by atoms with Crippen molar-refractivity contribution in [1.29, 1.82) is 0 Å². The smallest absolute Gasteiger partial charge is 0.303 e. The number of aliphatic carboxylic acids is 2. The summed E-state index contributed by atoms with van der Waals surface area (Å²) in [6.07, 6.45) is 9.70. The van der Waals surface area contributed by atoms with Crippen molar-refractivity contribution in [2.24, 2.45) is 23.3 Å². The maximum Gasteiger partial charge on any atom is 0.303 e. The van der Waals surface area contributed by atoms with Crippen LogP contribution in [0.25, 0.3) is 0 Å². The Bertz CT molecular complexity index is 2020. The van der Waals surface area contributed by atoms with Crippen LogP contribution in [-0.4, -0.2) is 187 Å². The van der Waals surface area contributed by atoms with Crippen LogP contribution in [0.15, 0.2) is 12.4 Å². The van der Waals surface area contributed by atoms with Crippen LogP contribution in [0.1, 0.15) is 102 Å². The third-order valence-electron chi connectivity index (χ3n) is 12.5. The monoisotopic (exact) mass is 1000 g/mol. The lowest BCUT2D eigenvalue weighted by Gasteiger charge is -2.38. The molecule has 26 heteroatoms. The fraction of sp³-hybridized carbons (Fsp3) is 0.705. The molecule has 6 atom stereocenters. The second-order valence-electron chi connectivity index (χ2n) is 17.3. The minimum absolute atomic E-state index is 0. The first-order valence-electron chi connectivity index (χ1n) is 23.8. The van der Waals surface area contributed by atoms with E-state index >= 15 is 0 Å². The predicted molar refractivity (Wildman–Crippen MR) is 252 cm³/mol. The third kappa shape index (κ3) is 16.4. The highest BCUT2D eigenvalue weighted by atomic mass is 35.5. The van der Waals surface area contributed by atoms with E-state index in [1.807, 2.05) is 37.5 Å². The lowest BCUT2D eigenvalue weighted by molar-refractivity contribution is -0.140. The maximum absolute atomic E-state index is 14.1. The summed E-state index contributed by atoms with van der Waals surface area (Å²) in [6, 6.07) is -2.55. The summed E-state index contributed by atoms with van der Waals surface area (Å²) in [7, 11) is 0. The van der Waals surface area contributed by atoms with Crippen molar-refractivity contribution in [3.8, 4) is 12.3 Å². The molecule has 25 nitrogen and oxygen atoms in total. The van der Waals surface area contributed by atoms with Gasteiger partial charge in [-0.05, 0) is 24.7 Å². The normalized spacial score (nSPS) is 16.6. The summed E-state index contributed by atoms with van der Waals surface area (Å²) < 4.78 is 19.3. The number of nitrogens with two attached hydrogens (primary N) is 2. The molecular weight excluding hydrogens is 932 g/mol. The standard InChI is InChI=1S/C44H70N16O9.ClH/c1-6-22-67-24-26-69-27-25-68-23-13-47-42-48-43(57-18-14-55(15-19-57)40(65)34(9-11-36(61)62)59-28-32(51-53-59)38(45)30(4)7-2)50-44(49-42)58-20-16-56(17-21-58)41(66)35(10-12-37(63)64)60-29-33(52-54-60)39(46)31(5)8-3;/h1,28-31,34-35,38-39H,7-27,45-46H2,2-5H3,(H,61,62)(H,63,64)(H,47,48,49,50);1H/p-1. The molecule has 3 aromatic rings. The minimum atomic E-state index is -1.03. The molecule has 0 aromatic carbocycles. The van der Waals surface area contributed by atoms with Crippen LogP contribution in [-0.2, 0) is 33.4 Å². The van der Waals surface area contributed by atoms with E-state index in [4.69, 9.17) is 47.1 Å². The van der Waals surface area contributed by atoms with Crippen LogP contribution in [0.4, 0.5) is 17.8 Å². The number of carboxylic acid groups (broad SMARTS) is 2. The Morgan fingerprint density at radius 2 is 1.10 bits per heavy atom. The number of amides is 2. The highest BCUT2D eigenvalue weighted by molar-refractivity contribution is 5.82. The van der Waals surface area contributed by atoms with Crippen LogP contribution >= 0.6 is 0 Å². The van der Waals surface area contributed by atoms with Gasteiger partial charge in [-0.2, -0.15) is 15.0 Å². The van der Waals surface area contributed by atoms with Crippen molar-refractivity contribution in [2.45, 2.75) is 90.4 Å². The van der Waals surface area contributed by atoms with Gasteiger partial charge < -0.3 is 73.2 Å². The van der Waals surface area contributed by atoms with Gasteiger partial charge >= 0.3 is 11.9 Å². The molecule has 2 aliphatic rings. The summed E-state index contributed by atoms with van der Waals surface area (Å²) >= 11 is 0. The topological polar surface area (TPSA) is 314 Å². The largest absolute Gasteiger partial charge is 1.00 e. The van der Waals surface area contributed by atoms with Gasteiger partial charge in [0.2, 0.25) is 29.7 Å². The molecule has 0 bridgehead atoms. The number of ether oxygens (including phenoxy) is 3. The summed E-state index contributed by atoms with van der Waals surface area (Å²) in [5.41, 5.74) is 13.9. The molecule has 5 rings (SSSR count). The highest BCUT2D eigenvalue weighted by Crippen LogP contribution is 2.27. The highest BCUT2D eigenvalue weighted by Gasteiger charge is 2.34. The number of anilines is 3. The zero-order chi connectivity index (χ0) is 49.9. The van der Waals surface area contributed by atoms with E-state index in [0.29, 0.717) is 121 Å². The maximum atomic E-state index is 14.1. The summed E-state index contributed by atoms with van der Waals surface area (Å²) in [5, 5.41) is 39.2. The number of rotatable bonds is 29. The number of nitrogens with zero attached hydrogens (tertiary/aromatic N) is 13. The van der Waals surface area contributed by atoms with Crippen molar-refractivity contribution < 1.29 is 56.0 Å². The Kier molecular flexibility index (Phi) is 23.4. The van der Waals surface area contributed by atoms with Gasteiger partial charge in [0.05, 0.1) is 68.9 Å². The Labute approximate surface area is 414 Å². The number of nitrogens with one attached hydrogen (secondary N) is 1. The molecule has 0 radical (unpaired) electrons. The average Bonchev–Trinajstić information content (AvgIpc) is 4.06. The second kappa shape index (κ2) is 28.8. The van der Waals surface area contributed by atoms with Crippen LogP contribution in [0.3, 0.4) is 0 Å². The van der Waals surface area contributed by atoms with Gasteiger partial charge in [0, 0.05) is 71.7 Å². The van der Waals surface area contributed by atoms with Gasteiger partial charge in [-0.15, -0.1) is 16.6 Å². The fourth-order valence-corrected chi connectivity index (χ4v) is 7.74. The number of carbonyl (C=O) groups is 4. The third-order valence-corrected chi connectivity index (χ3v) is 12.5.